The van der Waals surface area contributed by atoms with Gasteiger partial charge < -0.3 is 14.9 Å². The molecule has 0 amide bonds. The third-order valence-electron chi connectivity index (χ3n) is 8.03. The predicted octanol–water partition coefficient (Wildman–Crippen LogP) is 5.90. The van der Waals surface area contributed by atoms with E-state index in [1.807, 2.05) is 51.1 Å². The molecule has 1 heterocycles. The van der Waals surface area contributed by atoms with E-state index in [4.69, 9.17) is 4.74 Å². The fraction of sp³-hybridized carbons (Fsp3) is 0.412. The van der Waals surface area contributed by atoms with E-state index in [1.165, 1.54) is 14.1 Å². The zero-order chi connectivity index (χ0) is 33.2. The summed E-state index contributed by atoms with van der Waals surface area (Å²) in [6.45, 7) is 7.75. The Morgan fingerprint density at radius 1 is 0.933 bits per heavy atom. The first-order valence-corrected chi connectivity index (χ1v) is 17.1. The van der Waals surface area contributed by atoms with E-state index in [1.54, 1.807) is 37.3 Å². The van der Waals surface area contributed by atoms with Gasteiger partial charge >= 0.3 is 16.2 Å². The van der Waals surface area contributed by atoms with Gasteiger partial charge in [-0.25, -0.2) is 0 Å². The Bertz CT molecular complexity index is 1580. The van der Waals surface area contributed by atoms with Crippen molar-refractivity contribution in [2.75, 3.05) is 18.8 Å². The van der Waals surface area contributed by atoms with Crippen LogP contribution in [0, 0.1) is 6.92 Å². The van der Waals surface area contributed by atoms with Gasteiger partial charge in [-0.1, -0.05) is 45.0 Å². The molecule has 1 aliphatic rings. The Kier molecular flexibility index (Phi) is 10.3. The standard InChI is InChI=1S/C34H42N2O7S2/c1-22-19-30(27(33(2,3)4)20-28(22)35-45(41,42)36(5)6)44-31-29(39)21-34(43-32(31)40,17-15-23-7-11-25(37)12-8-23)18-16-24-9-13-26(38)14-10-24/h7-14,19-20,31,35,37-38H,15-18,21H2,1-6H3. The minimum absolute atomic E-state index is 0.0527. The van der Waals surface area contributed by atoms with Crippen molar-refractivity contribution in [1.82, 2.24) is 4.31 Å². The lowest BCUT2D eigenvalue weighted by atomic mass is 9.82. The van der Waals surface area contributed by atoms with Crippen LogP contribution in [0.3, 0.4) is 0 Å². The monoisotopic (exact) mass is 654 g/mol. The van der Waals surface area contributed by atoms with Crippen LogP contribution in [0.4, 0.5) is 5.69 Å². The zero-order valence-electron chi connectivity index (χ0n) is 26.6. The number of carbonyl (C=O) groups excluding carboxylic acids is 2. The summed E-state index contributed by atoms with van der Waals surface area (Å²) in [4.78, 5) is 28.2. The number of aromatic hydroxyl groups is 2. The van der Waals surface area contributed by atoms with Crippen molar-refractivity contribution in [3.8, 4) is 11.5 Å². The van der Waals surface area contributed by atoms with Crippen LogP contribution < -0.4 is 4.72 Å². The Morgan fingerprint density at radius 2 is 1.44 bits per heavy atom. The Morgan fingerprint density at radius 3 is 1.89 bits per heavy atom. The highest BCUT2D eigenvalue weighted by atomic mass is 32.2. The van der Waals surface area contributed by atoms with E-state index in [0.717, 1.165) is 32.8 Å². The highest BCUT2D eigenvalue weighted by Gasteiger charge is 2.47. The third kappa shape index (κ3) is 8.59. The number of Topliss-reactive ketones (excluding diaryl/α,β-unsaturated/α-hetero) is 1. The normalized spacial score (nSPS) is 16.9. The first-order valence-electron chi connectivity index (χ1n) is 14.8. The Hall–Kier alpha value is -3.54. The topological polar surface area (TPSA) is 133 Å². The Labute approximate surface area is 270 Å². The number of hydrogen-bond acceptors (Lipinski definition) is 8. The van der Waals surface area contributed by atoms with Gasteiger partial charge in [-0.05, 0) is 96.7 Å². The number of benzene rings is 3. The fourth-order valence-corrected chi connectivity index (χ4v) is 7.29. The second kappa shape index (κ2) is 13.4. The SMILES string of the molecule is Cc1cc(SC2C(=O)CC(CCc3ccc(O)cc3)(CCc3ccc(O)cc3)OC2=O)c(C(C)(C)C)cc1NS(=O)(=O)N(C)C. The molecule has 4 rings (SSSR count). The van der Waals surface area contributed by atoms with E-state index in [0.29, 0.717) is 41.8 Å². The van der Waals surface area contributed by atoms with Gasteiger partial charge in [0.25, 0.3) is 0 Å². The number of nitrogens with one attached hydrogen (secondary N) is 1. The van der Waals surface area contributed by atoms with Crippen LogP contribution in [-0.2, 0) is 42.8 Å². The molecule has 1 aliphatic heterocycles. The molecule has 3 N–H and O–H groups in total. The number of phenols is 2. The van der Waals surface area contributed by atoms with Crippen LogP contribution in [0.2, 0.25) is 0 Å². The Balaban J connectivity index is 1.60. The number of cyclic esters (lactones) is 1. The molecule has 0 saturated carbocycles. The van der Waals surface area contributed by atoms with Gasteiger partial charge in [0.05, 0.1) is 5.69 Å². The minimum atomic E-state index is -3.74. The lowest BCUT2D eigenvalue weighted by molar-refractivity contribution is -0.171. The molecule has 242 valence electrons. The van der Waals surface area contributed by atoms with Gasteiger partial charge in [0.1, 0.15) is 17.1 Å². The third-order valence-corrected chi connectivity index (χ3v) is 10.8. The van der Waals surface area contributed by atoms with Gasteiger partial charge in [0, 0.05) is 25.4 Å². The first kappa shape index (κ1) is 34.3. The van der Waals surface area contributed by atoms with Gasteiger partial charge in [-0.2, -0.15) is 12.7 Å². The molecular formula is C34H42N2O7S2. The average molecular weight is 655 g/mol. The van der Waals surface area contributed by atoms with Crippen molar-refractivity contribution in [2.45, 2.75) is 81.0 Å². The van der Waals surface area contributed by atoms with E-state index in [9.17, 15) is 28.2 Å². The fourth-order valence-electron chi connectivity index (χ4n) is 5.26. The molecule has 0 bridgehead atoms. The summed E-state index contributed by atoms with van der Waals surface area (Å²) in [6, 6.07) is 17.3. The highest BCUT2D eigenvalue weighted by Crippen LogP contribution is 2.43. The number of rotatable bonds is 11. The number of carbonyl (C=O) groups is 2. The molecule has 0 aliphatic carbocycles. The highest BCUT2D eigenvalue weighted by molar-refractivity contribution is 8.01. The molecule has 11 heteroatoms. The van der Waals surface area contributed by atoms with Crippen molar-refractivity contribution in [2.24, 2.45) is 0 Å². The second-order valence-corrected chi connectivity index (χ2v) is 15.9. The summed E-state index contributed by atoms with van der Waals surface area (Å²) in [6.07, 6.45) is 2.00. The summed E-state index contributed by atoms with van der Waals surface area (Å²) in [5, 5.41) is 18.3. The number of esters is 1. The van der Waals surface area contributed by atoms with Crippen molar-refractivity contribution in [3.63, 3.8) is 0 Å². The molecule has 3 aromatic carbocycles. The molecule has 1 saturated heterocycles. The lowest BCUT2D eigenvalue weighted by Gasteiger charge is -2.39. The van der Waals surface area contributed by atoms with E-state index >= 15 is 0 Å². The second-order valence-electron chi connectivity index (χ2n) is 12.9. The zero-order valence-corrected chi connectivity index (χ0v) is 28.2. The van der Waals surface area contributed by atoms with E-state index in [2.05, 4.69) is 4.72 Å². The quantitative estimate of drug-likeness (QED) is 0.172. The first-order chi connectivity index (χ1) is 21.0. The molecule has 0 radical (unpaired) electrons. The summed E-state index contributed by atoms with van der Waals surface area (Å²) in [7, 11) is -0.845. The predicted molar refractivity (Wildman–Crippen MR) is 177 cm³/mol. The maximum absolute atomic E-state index is 13.8. The maximum atomic E-state index is 13.8. The van der Waals surface area contributed by atoms with E-state index in [-0.39, 0.29) is 23.7 Å². The van der Waals surface area contributed by atoms with Crippen molar-refractivity contribution < 1.29 is 33.0 Å². The van der Waals surface area contributed by atoms with Gasteiger partial charge in [0.15, 0.2) is 11.0 Å². The van der Waals surface area contributed by atoms with Gasteiger partial charge in [-0.15, -0.1) is 11.8 Å². The average Bonchev–Trinajstić information content (AvgIpc) is 2.95. The number of hydrogen-bond donors (Lipinski definition) is 3. The van der Waals surface area contributed by atoms with E-state index < -0.39 is 32.4 Å². The summed E-state index contributed by atoms with van der Waals surface area (Å²) in [5.74, 6) is -0.494. The molecule has 0 aromatic heterocycles. The number of ether oxygens (including phenoxy) is 1. The summed E-state index contributed by atoms with van der Waals surface area (Å²) >= 11 is 1.15. The molecule has 1 unspecified atom stereocenters. The minimum Gasteiger partial charge on any atom is -0.508 e. The summed E-state index contributed by atoms with van der Waals surface area (Å²) in [5.41, 5.74) is 2.35. The molecule has 9 nitrogen and oxygen atoms in total. The summed E-state index contributed by atoms with van der Waals surface area (Å²) < 4.78 is 35.1. The smallest absolute Gasteiger partial charge is 0.327 e. The molecule has 1 fully saturated rings. The number of phenolic OH excluding ortho intramolecular Hbond substituents is 2. The van der Waals surface area contributed by atoms with Crippen LogP contribution in [0.15, 0.2) is 65.6 Å². The lowest BCUT2D eigenvalue weighted by Crippen LogP contribution is -2.49. The van der Waals surface area contributed by atoms with Crippen LogP contribution in [0.5, 0.6) is 11.5 Å². The molecule has 1 atom stereocenters. The largest absolute Gasteiger partial charge is 0.508 e. The molecular weight excluding hydrogens is 613 g/mol. The van der Waals surface area contributed by atoms with Crippen LogP contribution in [0.25, 0.3) is 0 Å². The van der Waals surface area contributed by atoms with Crippen molar-refractivity contribution >= 4 is 39.4 Å². The van der Waals surface area contributed by atoms with Crippen LogP contribution in [-0.4, -0.2) is 59.6 Å². The van der Waals surface area contributed by atoms with Crippen LogP contribution >= 0.6 is 11.8 Å². The van der Waals surface area contributed by atoms with Crippen LogP contribution in [0.1, 0.15) is 62.3 Å². The molecule has 45 heavy (non-hydrogen) atoms. The molecule has 3 aromatic rings. The number of nitrogens with zero attached hydrogens (tertiary/aromatic N) is 1. The van der Waals surface area contributed by atoms with Crippen molar-refractivity contribution in [3.05, 3.63) is 82.9 Å². The number of aryl methyl sites for hydroxylation is 3. The number of anilines is 1. The maximum Gasteiger partial charge on any atom is 0.327 e. The number of thioether (sulfide) groups is 1. The number of ketones is 1. The van der Waals surface area contributed by atoms with Crippen molar-refractivity contribution in [1.29, 1.82) is 0 Å². The van der Waals surface area contributed by atoms with Gasteiger partial charge in [0.2, 0.25) is 0 Å². The molecule has 0 spiro atoms. The van der Waals surface area contributed by atoms with Gasteiger partial charge in [-0.3, -0.25) is 14.3 Å².